The largest absolute Gasteiger partial charge is 0.451 e. The zero-order chi connectivity index (χ0) is 15.5. The van der Waals surface area contributed by atoms with E-state index in [0.29, 0.717) is 16.8 Å². The number of aromatic nitrogens is 1. The predicted molar refractivity (Wildman–Crippen MR) is 92.4 cm³/mol. The number of fused-ring (bicyclic) bond motifs is 1. The molecule has 0 unspecified atom stereocenters. The molecular formula is C18H23NO2S. The second-order valence-electron chi connectivity index (χ2n) is 6.15. The van der Waals surface area contributed by atoms with Gasteiger partial charge in [-0.15, -0.1) is 11.8 Å². The van der Waals surface area contributed by atoms with E-state index in [2.05, 4.69) is 18.2 Å². The van der Waals surface area contributed by atoms with Crippen LogP contribution in [-0.4, -0.2) is 21.7 Å². The summed E-state index contributed by atoms with van der Waals surface area (Å²) in [6, 6.07) is 6.18. The Hall–Kier alpha value is -1.42. The summed E-state index contributed by atoms with van der Waals surface area (Å²) < 4.78 is 7.49. The van der Waals surface area contributed by atoms with Gasteiger partial charge in [-0.2, -0.15) is 0 Å². The van der Waals surface area contributed by atoms with Crippen molar-refractivity contribution in [3.05, 3.63) is 35.5 Å². The van der Waals surface area contributed by atoms with Crippen molar-refractivity contribution in [2.45, 2.75) is 44.3 Å². The molecule has 0 saturated heterocycles. The summed E-state index contributed by atoms with van der Waals surface area (Å²) in [7, 11) is 1.96. The van der Waals surface area contributed by atoms with E-state index in [1.165, 1.54) is 32.1 Å². The van der Waals surface area contributed by atoms with E-state index in [-0.39, 0.29) is 5.97 Å². The van der Waals surface area contributed by atoms with Crippen molar-refractivity contribution < 1.29 is 9.53 Å². The maximum Gasteiger partial charge on any atom is 0.341 e. The molecule has 2 aromatic rings. The minimum atomic E-state index is -0.209. The molecule has 0 radical (unpaired) electrons. The number of thioether (sulfide) groups is 1. The number of aryl methyl sites for hydroxylation is 2. The molecular weight excluding hydrogens is 294 g/mol. The van der Waals surface area contributed by atoms with E-state index in [0.717, 1.165) is 16.5 Å². The molecule has 1 aliphatic rings. The monoisotopic (exact) mass is 317 g/mol. The third-order valence-electron chi connectivity index (χ3n) is 4.41. The maximum atomic E-state index is 12.4. The Morgan fingerprint density at radius 2 is 2.09 bits per heavy atom. The number of rotatable bonds is 4. The van der Waals surface area contributed by atoms with Crippen molar-refractivity contribution in [2.75, 3.05) is 5.94 Å². The number of nitrogens with zero attached hydrogens (tertiary/aromatic N) is 1. The van der Waals surface area contributed by atoms with Gasteiger partial charge in [-0.25, -0.2) is 4.79 Å². The lowest BCUT2D eigenvalue weighted by Gasteiger charge is -2.20. The molecule has 1 aromatic heterocycles. The van der Waals surface area contributed by atoms with Gasteiger partial charge in [-0.1, -0.05) is 30.9 Å². The Morgan fingerprint density at radius 1 is 1.32 bits per heavy atom. The lowest BCUT2D eigenvalue weighted by molar-refractivity contribution is 0.0581. The predicted octanol–water partition coefficient (Wildman–Crippen LogP) is 4.67. The molecule has 118 valence electrons. The standard InChI is InChI=1S/C18H23NO2S/c1-13-8-9-17-15(10-13)16(11-19(17)2)18(20)21-12-22-14-6-4-3-5-7-14/h8-11,14H,3-7,12H2,1-2H3. The molecule has 1 saturated carbocycles. The fourth-order valence-corrected chi connectivity index (χ4v) is 4.20. The quantitative estimate of drug-likeness (QED) is 0.607. The molecule has 22 heavy (non-hydrogen) atoms. The number of carbonyl (C=O) groups is 1. The first-order valence-corrected chi connectivity index (χ1v) is 9.04. The number of carbonyl (C=O) groups excluding carboxylic acids is 1. The van der Waals surface area contributed by atoms with E-state index in [9.17, 15) is 4.79 Å². The normalized spacial score (nSPS) is 16.1. The number of benzene rings is 1. The summed E-state index contributed by atoms with van der Waals surface area (Å²) in [6.07, 6.45) is 8.37. The van der Waals surface area contributed by atoms with Crippen LogP contribution in [0.15, 0.2) is 24.4 Å². The SMILES string of the molecule is Cc1ccc2c(c1)c(C(=O)OCSC1CCCCC1)cn2C. The van der Waals surface area contributed by atoms with E-state index < -0.39 is 0 Å². The van der Waals surface area contributed by atoms with E-state index >= 15 is 0 Å². The fourth-order valence-electron chi connectivity index (χ4n) is 3.16. The Morgan fingerprint density at radius 3 is 2.86 bits per heavy atom. The molecule has 0 N–H and O–H groups in total. The molecule has 3 rings (SSSR count). The Bertz CT molecular complexity index is 671. The van der Waals surface area contributed by atoms with Crippen molar-refractivity contribution >= 4 is 28.6 Å². The molecule has 0 amide bonds. The lowest BCUT2D eigenvalue weighted by Crippen LogP contribution is -2.11. The highest BCUT2D eigenvalue weighted by Crippen LogP contribution is 2.29. The van der Waals surface area contributed by atoms with E-state index in [1.54, 1.807) is 11.8 Å². The van der Waals surface area contributed by atoms with E-state index in [1.807, 2.05) is 24.7 Å². The Kier molecular flexibility index (Phi) is 4.77. The van der Waals surface area contributed by atoms with Crippen molar-refractivity contribution in [1.82, 2.24) is 4.57 Å². The molecule has 3 nitrogen and oxygen atoms in total. The molecule has 1 aromatic carbocycles. The van der Waals surface area contributed by atoms with Crippen LogP contribution in [0.4, 0.5) is 0 Å². The number of ether oxygens (including phenoxy) is 1. The van der Waals surface area contributed by atoms with Gasteiger partial charge in [0.15, 0.2) is 0 Å². The molecule has 4 heteroatoms. The van der Waals surface area contributed by atoms with Crippen LogP contribution in [0.1, 0.15) is 48.0 Å². The van der Waals surface area contributed by atoms with Gasteiger partial charge >= 0.3 is 5.97 Å². The van der Waals surface area contributed by atoms with E-state index in [4.69, 9.17) is 4.74 Å². The van der Waals surface area contributed by atoms with Gasteiger partial charge in [0.2, 0.25) is 0 Å². The highest BCUT2D eigenvalue weighted by molar-refractivity contribution is 7.99. The van der Waals surface area contributed by atoms with Crippen molar-refractivity contribution in [2.24, 2.45) is 7.05 Å². The van der Waals surface area contributed by atoms with Gasteiger partial charge in [-0.05, 0) is 31.9 Å². The first-order chi connectivity index (χ1) is 10.6. The highest BCUT2D eigenvalue weighted by Gasteiger charge is 2.17. The molecule has 1 heterocycles. The lowest BCUT2D eigenvalue weighted by atomic mass is 10.0. The molecule has 1 aliphatic carbocycles. The van der Waals surface area contributed by atoms with Crippen molar-refractivity contribution in [3.8, 4) is 0 Å². The third-order valence-corrected chi connectivity index (χ3v) is 5.61. The molecule has 0 atom stereocenters. The number of hydrogen-bond donors (Lipinski definition) is 0. The zero-order valence-corrected chi connectivity index (χ0v) is 14.1. The van der Waals surface area contributed by atoms with Crippen LogP contribution in [0.5, 0.6) is 0 Å². The van der Waals surface area contributed by atoms with Gasteiger partial charge in [0.05, 0.1) is 5.56 Å². The summed E-state index contributed by atoms with van der Waals surface area (Å²) in [5.41, 5.74) is 2.90. The average Bonchev–Trinajstić information content (AvgIpc) is 2.85. The Labute approximate surface area is 136 Å². The second kappa shape index (κ2) is 6.78. The second-order valence-corrected chi connectivity index (χ2v) is 7.39. The summed E-state index contributed by atoms with van der Waals surface area (Å²) in [6.45, 7) is 2.04. The maximum absolute atomic E-state index is 12.4. The summed E-state index contributed by atoms with van der Waals surface area (Å²) >= 11 is 1.79. The third kappa shape index (κ3) is 3.32. The zero-order valence-electron chi connectivity index (χ0n) is 13.3. The smallest absolute Gasteiger partial charge is 0.341 e. The topological polar surface area (TPSA) is 31.2 Å². The minimum absolute atomic E-state index is 0.209. The summed E-state index contributed by atoms with van der Waals surface area (Å²) in [4.78, 5) is 12.4. The van der Waals surface area contributed by atoms with Crippen LogP contribution >= 0.6 is 11.8 Å². The van der Waals surface area contributed by atoms with Crippen LogP contribution < -0.4 is 0 Å². The molecule has 0 spiro atoms. The summed E-state index contributed by atoms with van der Waals surface area (Å²) in [5.74, 6) is 0.255. The average molecular weight is 317 g/mol. The highest BCUT2D eigenvalue weighted by atomic mass is 32.2. The van der Waals surface area contributed by atoms with Crippen LogP contribution in [0.2, 0.25) is 0 Å². The van der Waals surface area contributed by atoms with Gasteiger partial charge in [0.25, 0.3) is 0 Å². The molecule has 1 fully saturated rings. The van der Waals surface area contributed by atoms with Gasteiger partial charge in [0.1, 0.15) is 5.94 Å². The van der Waals surface area contributed by atoms with Crippen LogP contribution in [0.25, 0.3) is 10.9 Å². The Balaban J connectivity index is 1.65. The van der Waals surface area contributed by atoms with Crippen LogP contribution in [0.3, 0.4) is 0 Å². The number of esters is 1. The first kappa shape index (κ1) is 15.5. The first-order valence-electron chi connectivity index (χ1n) is 7.99. The van der Waals surface area contributed by atoms with Crippen molar-refractivity contribution in [1.29, 1.82) is 0 Å². The van der Waals surface area contributed by atoms with Gasteiger partial charge < -0.3 is 9.30 Å². The molecule has 0 aliphatic heterocycles. The van der Waals surface area contributed by atoms with Gasteiger partial charge in [0, 0.05) is 29.4 Å². The van der Waals surface area contributed by atoms with Gasteiger partial charge in [-0.3, -0.25) is 0 Å². The number of hydrogen-bond acceptors (Lipinski definition) is 3. The van der Waals surface area contributed by atoms with Crippen LogP contribution in [-0.2, 0) is 11.8 Å². The molecule has 0 bridgehead atoms. The minimum Gasteiger partial charge on any atom is -0.451 e. The van der Waals surface area contributed by atoms with Crippen LogP contribution in [0, 0.1) is 6.92 Å². The summed E-state index contributed by atoms with van der Waals surface area (Å²) in [5, 5.41) is 1.64. The van der Waals surface area contributed by atoms with Crippen molar-refractivity contribution in [3.63, 3.8) is 0 Å². The fraction of sp³-hybridized carbons (Fsp3) is 0.500.